The molecule has 7 heteroatoms. The third-order valence-corrected chi connectivity index (χ3v) is 7.57. The van der Waals surface area contributed by atoms with E-state index in [2.05, 4.69) is 41.7 Å². The van der Waals surface area contributed by atoms with Crippen molar-refractivity contribution in [2.75, 3.05) is 12.5 Å². The minimum absolute atomic E-state index is 0.187. The third-order valence-electron chi connectivity index (χ3n) is 6.45. The summed E-state index contributed by atoms with van der Waals surface area (Å²) in [6, 6.07) is 18.4. The van der Waals surface area contributed by atoms with Crippen molar-refractivity contribution in [2.24, 2.45) is 0 Å². The first-order valence-electron chi connectivity index (χ1n) is 11.1. The van der Waals surface area contributed by atoms with Crippen molar-refractivity contribution in [3.8, 4) is 11.5 Å². The van der Waals surface area contributed by atoms with Crippen LogP contribution in [0, 0.1) is 0 Å². The Hall–Kier alpha value is -3.58. The first-order valence-corrected chi connectivity index (χ1v) is 11.9. The van der Waals surface area contributed by atoms with Crippen LogP contribution >= 0.6 is 11.3 Å². The predicted octanol–water partition coefficient (Wildman–Crippen LogP) is 4.81. The molecule has 166 valence electrons. The van der Waals surface area contributed by atoms with Crippen molar-refractivity contribution < 1.29 is 14.3 Å². The zero-order valence-corrected chi connectivity index (χ0v) is 18.8. The van der Waals surface area contributed by atoms with Crippen LogP contribution in [0.3, 0.4) is 0 Å². The van der Waals surface area contributed by atoms with E-state index in [-0.39, 0.29) is 12.7 Å². The second-order valence-corrected chi connectivity index (χ2v) is 9.51. The van der Waals surface area contributed by atoms with Crippen LogP contribution in [0.25, 0.3) is 10.2 Å². The zero-order chi connectivity index (χ0) is 22.4. The first kappa shape index (κ1) is 20.1. The molecule has 33 heavy (non-hydrogen) atoms. The van der Waals surface area contributed by atoms with E-state index in [1.165, 1.54) is 22.5 Å². The van der Waals surface area contributed by atoms with Crippen LogP contribution in [0.15, 0.2) is 54.6 Å². The number of nitrogens with zero attached hydrogens (tertiary/aromatic N) is 1. The van der Waals surface area contributed by atoms with Crippen LogP contribution in [0.1, 0.15) is 44.4 Å². The Morgan fingerprint density at radius 1 is 1.12 bits per heavy atom. The number of pyridine rings is 1. The van der Waals surface area contributed by atoms with Crippen LogP contribution in [-0.2, 0) is 19.4 Å². The lowest BCUT2D eigenvalue weighted by Gasteiger charge is -2.24. The molecule has 2 aromatic heterocycles. The number of carbonyl (C=O) groups excluding carboxylic acids is 1. The SMILES string of the molecule is Nc1c(C(=O)NCc2ccc3c(c2)OCO3)sc2nc3c(cc12)CC(c1ccccc1)CC3. The highest BCUT2D eigenvalue weighted by Crippen LogP contribution is 2.38. The van der Waals surface area contributed by atoms with Crippen molar-refractivity contribution in [1.29, 1.82) is 0 Å². The molecule has 1 unspecified atom stereocenters. The number of thiophene rings is 1. The first-order chi connectivity index (χ1) is 16.2. The molecule has 4 aromatic rings. The Morgan fingerprint density at radius 2 is 1.97 bits per heavy atom. The lowest BCUT2D eigenvalue weighted by Crippen LogP contribution is -2.22. The van der Waals surface area contributed by atoms with Crippen LogP contribution in [-0.4, -0.2) is 17.7 Å². The van der Waals surface area contributed by atoms with Gasteiger partial charge in [-0.05, 0) is 60.1 Å². The quantitative estimate of drug-likeness (QED) is 0.459. The topological polar surface area (TPSA) is 86.5 Å². The van der Waals surface area contributed by atoms with Crippen molar-refractivity contribution in [3.63, 3.8) is 0 Å². The molecule has 0 fully saturated rings. The molecule has 0 saturated carbocycles. The van der Waals surface area contributed by atoms with Gasteiger partial charge in [-0.2, -0.15) is 0 Å². The second kappa shape index (κ2) is 8.08. The third kappa shape index (κ3) is 3.68. The van der Waals surface area contributed by atoms with E-state index in [9.17, 15) is 4.79 Å². The smallest absolute Gasteiger partial charge is 0.263 e. The molecule has 1 amide bonds. The molecule has 0 radical (unpaired) electrons. The van der Waals surface area contributed by atoms with E-state index < -0.39 is 0 Å². The van der Waals surface area contributed by atoms with Gasteiger partial charge in [0.15, 0.2) is 11.5 Å². The molecule has 0 spiro atoms. The van der Waals surface area contributed by atoms with Crippen molar-refractivity contribution in [2.45, 2.75) is 31.7 Å². The molecular weight excluding hydrogens is 434 g/mol. The van der Waals surface area contributed by atoms with E-state index in [0.717, 1.165) is 46.5 Å². The number of amides is 1. The fraction of sp³-hybridized carbons (Fsp3) is 0.231. The minimum atomic E-state index is -0.187. The number of hydrogen-bond donors (Lipinski definition) is 2. The van der Waals surface area contributed by atoms with E-state index in [4.69, 9.17) is 20.2 Å². The number of aryl methyl sites for hydroxylation is 1. The maximum Gasteiger partial charge on any atom is 0.263 e. The van der Waals surface area contributed by atoms with Crippen LogP contribution in [0.4, 0.5) is 5.69 Å². The predicted molar refractivity (Wildman–Crippen MR) is 129 cm³/mol. The monoisotopic (exact) mass is 457 g/mol. The Labute approximate surface area is 195 Å². The summed E-state index contributed by atoms with van der Waals surface area (Å²) in [5, 5.41) is 3.85. The van der Waals surface area contributed by atoms with Gasteiger partial charge in [-0.15, -0.1) is 11.3 Å². The van der Waals surface area contributed by atoms with Gasteiger partial charge in [0, 0.05) is 17.6 Å². The van der Waals surface area contributed by atoms with Gasteiger partial charge in [0.25, 0.3) is 5.91 Å². The largest absolute Gasteiger partial charge is 0.454 e. The molecule has 2 aliphatic rings. The molecule has 0 bridgehead atoms. The van der Waals surface area contributed by atoms with Gasteiger partial charge in [-0.1, -0.05) is 36.4 Å². The maximum atomic E-state index is 12.9. The van der Waals surface area contributed by atoms with Gasteiger partial charge in [0.05, 0.1) is 5.69 Å². The molecule has 3 N–H and O–H groups in total. The molecule has 3 heterocycles. The average molecular weight is 458 g/mol. The number of hydrogen-bond acceptors (Lipinski definition) is 6. The molecule has 0 saturated heterocycles. The van der Waals surface area contributed by atoms with E-state index in [1.54, 1.807) is 0 Å². The normalized spacial score (nSPS) is 16.5. The van der Waals surface area contributed by atoms with Gasteiger partial charge < -0.3 is 20.5 Å². The van der Waals surface area contributed by atoms with Gasteiger partial charge in [-0.3, -0.25) is 4.79 Å². The number of aromatic nitrogens is 1. The average Bonchev–Trinajstić information content (AvgIpc) is 3.45. The number of carbonyl (C=O) groups is 1. The zero-order valence-electron chi connectivity index (χ0n) is 18.0. The van der Waals surface area contributed by atoms with Crippen LogP contribution < -0.4 is 20.5 Å². The van der Waals surface area contributed by atoms with Crippen molar-refractivity contribution >= 4 is 33.1 Å². The number of benzene rings is 2. The van der Waals surface area contributed by atoms with Crippen LogP contribution in [0.2, 0.25) is 0 Å². The standard InChI is InChI=1S/C26H23N3O3S/c27-23-19-12-18-11-17(16-4-2-1-3-5-16)7-8-20(18)29-26(19)33-24(23)25(30)28-13-15-6-9-21-22(10-15)32-14-31-21/h1-6,9-10,12,17H,7-8,11,13-14,27H2,(H,28,30). The summed E-state index contributed by atoms with van der Waals surface area (Å²) in [7, 11) is 0. The van der Waals surface area contributed by atoms with Crippen molar-refractivity contribution in [1.82, 2.24) is 10.3 Å². The Bertz CT molecular complexity index is 1370. The molecule has 6 nitrogen and oxygen atoms in total. The van der Waals surface area contributed by atoms with Gasteiger partial charge in [0.2, 0.25) is 6.79 Å². The van der Waals surface area contributed by atoms with Crippen LogP contribution in [0.5, 0.6) is 11.5 Å². The fourth-order valence-corrected chi connectivity index (χ4v) is 5.69. The minimum Gasteiger partial charge on any atom is -0.454 e. The highest BCUT2D eigenvalue weighted by molar-refractivity contribution is 7.21. The summed E-state index contributed by atoms with van der Waals surface area (Å²) < 4.78 is 10.8. The van der Waals surface area contributed by atoms with Gasteiger partial charge >= 0.3 is 0 Å². The number of nitrogens with two attached hydrogens (primary N) is 1. The number of ether oxygens (including phenoxy) is 2. The molecule has 6 rings (SSSR count). The second-order valence-electron chi connectivity index (χ2n) is 8.51. The summed E-state index contributed by atoms with van der Waals surface area (Å²) in [6.45, 7) is 0.610. The Morgan fingerprint density at radius 3 is 2.85 bits per heavy atom. The van der Waals surface area contributed by atoms with Crippen molar-refractivity contribution in [3.05, 3.63) is 81.9 Å². The number of rotatable bonds is 4. The Balaban J connectivity index is 1.23. The lowest BCUT2D eigenvalue weighted by molar-refractivity contribution is 0.0955. The lowest BCUT2D eigenvalue weighted by atomic mass is 9.82. The maximum absolute atomic E-state index is 12.9. The molecule has 1 aliphatic carbocycles. The number of nitrogens with one attached hydrogen (secondary N) is 1. The number of nitrogen functional groups attached to an aromatic ring is 1. The highest BCUT2D eigenvalue weighted by atomic mass is 32.1. The summed E-state index contributed by atoms with van der Waals surface area (Å²) in [4.78, 5) is 19.2. The molecule has 2 aromatic carbocycles. The highest BCUT2D eigenvalue weighted by Gasteiger charge is 2.24. The molecule has 1 aliphatic heterocycles. The summed E-state index contributed by atoms with van der Waals surface area (Å²) in [5.41, 5.74) is 11.6. The number of fused-ring (bicyclic) bond motifs is 3. The summed E-state index contributed by atoms with van der Waals surface area (Å²) >= 11 is 1.36. The summed E-state index contributed by atoms with van der Waals surface area (Å²) in [5.74, 6) is 1.73. The fourth-order valence-electron chi connectivity index (χ4n) is 4.68. The molecule has 1 atom stereocenters. The molecular formula is C26H23N3O3S. The van der Waals surface area contributed by atoms with Gasteiger partial charge in [-0.25, -0.2) is 4.98 Å². The Kier molecular flexibility index (Phi) is 4.91. The van der Waals surface area contributed by atoms with E-state index >= 15 is 0 Å². The summed E-state index contributed by atoms with van der Waals surface area (Å²) in [6.07, 6.45) is 2.97. The number of anilines is 1. The van der Waals surface area contributed by atoms with E-state index in [0.29, 0.717) is 28.8 Å². The van der Waals surface area contributed by atoms with Gasteiger partial charge in [0.1, 0.15) is 9.71 Å². The van der Waals surface area contributed by atoms with E-state index in [1.807, 2.05) is 18.2 Å².